The monoisotopic (exact) mass is 335 g/mol. The summed E-state index contributed by atoms with van der Waals surface area (Å²) in [5.41, 5.74) is 5.57. The summed E-state index contributed by atoms with van der Waals surface area (Å²) < 4.78 is 1.82. The molecule has 1 aromatic carbocycles. The second-order valence-electron chi connectivity index (χ2n) is 6.55. The summed E-state index contributed by atoms with van der Waals surface area (Å²) in [7, 11) is 4.13. The van der Waals surface area contributed by atoms with Crippen LogP contribution in [0.5, 0.6) is 0 Å². The maximum absolute atomic E-state index is 4.75. The van der Waals surface area contributed by atoms with Crippen LogP contribution < -0.4 is 5.32 Å². The molecule has 0 saturated carbocycles. The smallest absolute Gasteiger partial charge is 0.164 e. The number of likely N-dealkylation sites (N-methyl/N-ethyl adjacent to an activating group) is 1. The van der Waals surface area contributed by atoms with Crippen LogP contribution in [0.1, 0.15) is 23.6 Å². The van der Waals surface area contributed by atoms with E-state index in [9.17, 15) is 0 Å². The van der Waals surface area contributed by atoms with Crippen LogP contribution in [0.2, 0.25) is 0 Å². The quantitative estimate of drug-likeness (QED) is 0.748. The van der Waals surface area contributed by atoms with Gasteiger partial charge in [0.15, 0.2) is 5.65 Å². The van der Waals surface area contributed by atoms with E-state index in [-0.39, 0.29) is 0 Å². The zero-order chi connectivity index (χ0) is 17.8. The molecule has 2 heterocycles. The predicted octanol–water partition coefficient (Wildman–Crippen LogP) is 3.57. The van der Waals surface area contributed by atoms with E-state index in [1.54, 1.807) is 0 Å². The van der Waals surface area contributed by atoms with Gasteiger partial charge in [0.05, 0.1) is 6.20 Å². The number of aryl methyl sites for hydroxylation is 1. The lowest BCUT2D eigenvalue weighted by Gasteiger charge is -2.11. The Morgan fingerprint density at radius 3 is 2.80 bits per heavy atom. The first-order valence-electron chi connectivity index (χ1n) is 8.52. The third kappa shape index (κ3) is 4.06. The molecular weight excluding hydrogens is 310 g/mol. The van der Waals surface area contributed by atoms with E-state index in [2.05, 4.69) is 73.6 Å². The van der Waals surface area contributed by atoms with Crippen LogP contribution >= 0.6 is 0 Å². The number of fused-ring (bicyclic) bond motifs is 1. The summed E-state index contributed by atoms with van der Waals surface area (Å²) in [6.07, 6.45) is 6.03. The van der Waals surface area contributed by atoms with E-state index in [0.717, 1.165) is 35.7 Å². The van der Waals surface area contributed by atoms with E-state index < -0.39 is 0 Å². The van der Waals surface area contributed by atoms with Crippen molar-refractivity contribution in [3.05, 3.63) is 59.4 Å². The minimum atomic E-state index is 0.859. The Bertz CT molecular complexity index is 892. The number of aromatic nitrogens is 3. The molecular formula is C20H25N5. The molecule has 0 bridgehead atoms. The summed E-state index contributed by atoms with van der Waals surface area (Å²) in [6.45, 7) is 6.06. The molecule has 1 N–H and O–H groups in total. The highest BCUT2D eigenvalue weighted by molar-refractivity contribution is 5.86. The number of hydrogen-bond donors (Lipinski definition) is 1. The summed E-state index contributed by atoms with van der Waals surface area (Å²) in [6, 6.07) is 10.3. The molecule has 0 spiro atoms. The van der Waals surface area contributed by atoms with Gasteiger partial charge in [-0.1, -0.05) is 30.3 Å². The summed E-state index contributed by atoms with van der Waals surface area (Å²) in [5, 5.41) is 7.80. The molecule has 0 amide bonds. The van der Waals surface area contributed by atoms with E-state index in [4.69, 9.17) is 4.98 Å². The molecule has 25 heavy (non-hydrogen) atoms. The fourth-order valence-electron chi connectivity index (χ4n) is 2.71. The second kappa shape index (κ2) is 7.49. The average Bonchev–Trinajstić information content (AvgIpc) is 3.00. The number of anilines is 1. The molecule has 3 rings (SSSR count). The third-order valence-corrected chi connectivity index (χ3v) is 4.22. The van der Waals surface area contributed by atoms with Gasteiger partial charge in [0, 0.05) is 24.8 Å². The number of rotatable bonds is 6. The van der Waals surface area contributed by atoms with Crippen LogP contribution in [-0.4, -0.2) is 46.7 Å². The highest BCUT2D eigenvalue weighted by atomic mass is 15.2. The van der Waals surface area contributed by atoms with Crippen molar-refractivity contribution in [2.24, 2.45) is 0 Å². The molecule has 0 fully saturated rings. The average molecular weight is 335 g/mol. The molecule has 2 aromatic heterocycles. The first kappa shape index (κ1) is 17.2. The van der Waals surface area contributed by atoms with Gasteiger partial charge in [-0.05, 0) is 50.7 Å². The van der Waals surface area contributed by atoms with Crippen molar-refractivity contribution in [2.75, 3.05) is 32.5 Å². The molecule has 0 radical (unpaired) electrons. The van der Waals surface area contributed by atoms with Gasteiger partial charge in [-0.3, -0.25) is 0 Å². The number of nitrogens with zero attached hydrogens (tertiary/aromatic N) is 4. The molecule has 0 aliphatic carbocycles. The van der Waals surface area contributed by atoms with Crippen LogP contribution in [0.3, 0.4) is 0 Å². The van der Waals surface area contributed by atoms with Crippen LogP contribution in [0.4, 0.5) is 5.82 Å². The molecule has 0 unspecified atom stereocenters. The van der Waals surface area contributed by atoms with Crippen molar-refractivity contribution in [1.29, 1.82) is 0 Å². The maximum Gasteiger partial charge on any atom is 0.164 e. The van der Waals surface area contributed by atoms with E-state index in [0.29, 0.717) is 0 Å². The van der Waals surface area contributed by atoms with Gasteiger partial charge in [0.25, 0.3) is 0 Å². The van der Waals surface area contributed by atoms with Crippen molar-refractivity contribution in [1.82, 2.24) is 19.5 Å². The Labute approximate surface area is 149 Å². The first-order chi connectivity index (χ1) is 12.0. The molecule has 0 aliphatic heterocycles. The minimum Gasteiger partial charge on any atom is -0.369 e. The third-order valence-electron chi connectivity index (χ3n) is 4.22. The van der Waals surface area contributed by atoms with Gasteiger partial charge in [-0.25, -0.2) is 9.50 Å². The first-order valence-corrected chi connectivity index (χ1v) is 8.52. The number of benzene rings is 1. The fourth-order valence-corrected chi connectivity index (χ4v) is 2.71. The summed E-state index contributed by atoms with van der Waals surface area (Å²) in [4.78, 5) is 6.89. The Kier molecular flexibility index (Phi) is 5.14. The zero-order valence-corrected chi connectivity index (χ0v) is 15.3. The van der Waals surface area contributed by atoms with Crippen molar-refractivity contribution in [3.63, 3.8) is 0 Å². The Morgan fingerprint density at radius 1 is 1.24 bits per heavy atom. The number of nitrogens with one attached hydrogen (secondary N) is 1. The summed E-state index contributed by atoms with van der Waals surface area (Å²) >= 11 is 0. The minimum absolute atomic E-state index is 0.859. The molecule has 0 atom stereocenters. The van der Waals surface area contributed by atoms with Gasteiger partial charge < -0.3 is 10.2 Å². The Morgan fingerprint density at radius 2 is 2.04 bits per heavy atom. The molecule has 5 nitrogen and oxygen atoms in total. The molecule has 130 valence electrons. The van der Waals surface area contributed by atoms with E-state index in [1.807, 2.05) is 23.0 Å². The highest BCUT2D eigenvalue weighted by Crippen LogP contribution is 2.23. The van der Waals surface area contributed by atoms with Crippen LogP contribution in [0.15, 0.2) is 42.7 Å². The SMILES string of the molecule is C/C(=C\c1ccccc1C)c1cnn2ccc(NCCN(C)C)nc12. The Hall–Kier alpha value is -2.66. The fraction of sp³-hybridized carbons (Fsp3) is 0.300. The van der Waals surface area contributed by atoms with Gasteiger partial charge in [-0.2, -0.15) is 5.10 Å². The lowest BCUT2D eigenvalue weighted by atomic mass is 10.0. The second-order valence-corrected chi connectivity index (χ2v) is 6.55. The summed E-state index contributed by atoms with van der Waals surface area (Å²) in [5.74, 6) is 0.875. The molecule has 3 aromatic rings. The zero-order valence-electron chi connectivity index (χ0n) is 15.3. The van der Waals surface area contributed by atoms with Crippen molar-refractivity contribution in [2.45, 2.75) is 13.8 Å². The van der Waals surface area contributed by atoms with Gasteiger partial charge >= 0.3 is 0 Å². The topological polar surface area (TPSA) is 45.5 Å². The van der Waals surface area contributed by atoms with Crippen molar-refractivity contribution < 1.29 is 0 Å². The lowest BCUT2D eigenvalue weighted by Crippen LogP contribution is -2.21. The molecule has 5 heteroatoms. The Balaban J connectivity index is 1.89. The van der Waals surface area contributed by atoms with Gasteiger partial charge in [0.1, 0.15) is 5.82 Å². The standard InChI is InChI=1S/C20H25N5/c1-15-7-5-6-8-17(15)13-16(2)18-14-22-25-11-9-19(23-20(18)25)21-10-12-24(3)4/h5-9,11,13-14H,10,12H2,1-4H3,(H,21,23)/b16-13+. The van der Waals surface area contributed by atoms with Crippen LogP contribution in [0, 0.1) is 6.92 Å². The van der Waals surface area contributed by atoms with Gasteiger partial charge in [0.2, 0.25) is 0 Å². The largest absolute Gasteiger partial charge is 0.369 e. The maximum atomic E-state index is 4.75. The van der Waals surface area contributed by atoms with Gasteiger partial charge in [-0.15, -0.1) is 0 Å². The van der Waals surface area contributed by atoms with Crippen molar-refractivity contribution >= 4 is 23.1 Å². The highest BCUT2D eigenvalue weighted by Gasteiger charge is 2.09. The lowest BCUT2D eigenvalue weighted by molar-refractivity contribution is 0.425. The number of hydrogen-bond acceptors (Lipinski definition) is 4. The van der Waals surface area contributed by atoms with Crippen LogP contribution in [-0.2, 0) is 0 Å². The van der Waals surface area contributed by atoms with Crippen LogP contribution in [0.25, 0.3) is 17.3 Å². The van der Waals surface area contributed by atoms with E-state index >= 15 is 0 Å². The van der Waals surface area contributed by atoms with Crippen molar-refractivity contribution in [3.8, 4) is 0 Å². The molecule has 0 saturated heterocycles. The predicted molar refractivity (Wildman–Crippen MR) is 105 cm³/mol. The molecule has 0 aliphatic rings. The van der Waals surface area contributed by atoms with E-state index in [1.165, 1.54) is 11.1 Å². The normalized spacial score (nSPS) is 12.1. The number of allylic oxidation sites excluding steroid dienone is 1.